The number of nitrogens with zero attached hydrogens (tertiary/aromatic N) is 2. The largest absolute Gasteiger partial charge is 0.459 e. The van der Waals surface area contributed by atoms with Crippen molar-refractivity contribution in [3.05, 3.63) is 124 Å². The number of aromatic nitrogens is 2. The molecule has 1 amide bonds. The topological polar surface area (TPSA) is 93.5 Å². The molecule has 0 aliphatic carbocycles. The molecule has 0 unspecified atom stereocenters. The molecule has 1 atom stereocenters. The van der Waals surface area contributed by atoms with Crippen LogP contribution < -0.4 is 5.32 Å². The fourth-order valence-corrected chi connectivity index (χ4v) is 4.74. The number of rotatable bonds is 13. The fraction of sp³-hybridized carbons (Fsp3) is 0.281. The Labute approximate surface area is 239 Å². The lowest BCUT2D eigenvalue weighted by Crippen LogP contribution is -2.43. The Kier molecular flexibility index (Phi) is 10.5. The Bertz CT molecular complexity index is 1410. The first-order chi connectivity index (χ1) is 19.5. The van der Waals surface area contributed by atoms with Gasteiger partial charge >= 0.3 is 5.97 Å². The highest BCUT2D eigenvalue weighted by Gasteiger charge is 2.24. The minimum atomic E-state index is -0.864. The number of aliphatic hydroxyl groups is 1. The number of halogens is 1. The van der Waals surface area contributed by atoms with Crippen LogP contribution in [0.3, 0.4) is 0 Å². The molecule has 0 spiro atoms. The van der Waals surface area contributed by atoms with Crippen LogP contribution >= 0.6 is 11.6 Å². The molecule has 2 N–H and O–H groups in total. The van der Waals surface area contributed by atoms with Gasteiger partial charge in [0.2, 0.25) is 0 Å². The molecule has 40 heavy (non-hydrogen) atoms. The number of esters is 1. The molecule has 1 aromatic heterocycles. The predicted molar refractivity (Wildman–Crippen MR) is 155 cm³/mol. The van der Waals surface area contributed by atoms with Gasteiger partial charge in [-0.05, 0) is 35.2 Å². The summed E-state index contributed by atoms with van der Waals surface area (Å²) in [6.45, 7) is 2.40. The van der Waals surface area contributed by atoms with E-state index in [9.17, 15) is 14.7 Å². The molecule has 3 aromatic carbocycles. The lowest BCUT2D eigenvalue weighted by Gasteiger charge is -2.18. The summed E-state index contributed by atoms with van der Waals surface area (Å²) in [6, 6.07) is 25.3. The van der Waals surface area contributed by atoms with Crippen molar-refractivity contribution in [1.82, 2.24) is 14.9 Å². The van der Waals surface area contributed by atoms with Gasteiger partial charge in [0, 0.05) is 24.9 Å². The molecule has 4 aromatic rings. The van der Waals surface area contributed by atoms with E-state index in [2.05, 4.69) is 17.2 Å². The zero-order valence-electron chi connectivity index (χ0n) is 22.6. The third-order valence-electron chi connectivity index (χ3n) is 6.63. The predicted octanol–water partition coefficient (Wildman–Crippen LogP) is 5.50. The third kappa shape index (κ3) is 7.81. The number of aliphatic hydroxyl groups excluding tert-OH is 1. The maximum absolute atomic E-state index is 13.4. The number of unbranched alkanes of at least 4 members (excludes halogenated alkanes) is 1. The molecule has 0 bridgehead atoms. The third-order valence-corrected chi connectivity index (χ3v) is 6.94. The molecule has 4 rings (SSSR count). The first-order valence-electron chi connectivity index (χ1n) is 13.5. The van der Waals surface area contributed by atoms with Crippen LogP contribution in [0.15, 0.2) is 84.9 Å². The molecule has 0 saturated carbocycles. The van der Waals surface area contributed by atoms with Gasteiger partial charge in [-0.25, -0.2) is 9.78 Å². The maximum Gasteiger partial charge on any atom is 0.329 e. The normalized spacial score (nSPS) is 11.7. The van der Waals surface area contributed by atoms with E-state index in [0.29, 0.717) is 29.4 Å². The number of carbonyl (C=O) groups excluding carboxylic acids is 2. The van der Waals surface area contributed by atoms with Crippen molar-refractivity contribution in [1.29, 1.82) is 0 Å². The lowest BCUT2D eigenvalue weighted by atomic mass is 10.0. The molecule has 7 nitrogen and oxygen atoms in total. The van der Waals surface area contributed by atoms with Crippen LogP contribution in [0, 0.1) is 0 Å². The first-order valence-corrected chi connectivity index (χ1v) is 13.8. The van der Waals surface area contributed by atoms with Gasteiger partial charge in [-0.2, -0.15) is 0 Å². The molecule has 8 heteroatoms. The van der Waals surface area contributed by atoms with Crippen LogP contribution in [0.4, 0.5) is 0 Å². The summed E-state index contributed by atoms with van der Waals surface area (Å²) in [7, 11) is 0. The molecule has 0 aliphatic heterocycles. The molecule has 1 heterocycles. The Balaban J connectivity index is 1.51. The van der Waals surface area contributed by atoms with Crippen molar-refractivity contribution < 1.29 is 19.4 Å². The average molecular weight is 560 g/mol. The Morgan fingerprint density at radius 2 is 1.65 bits per heavy atom. The van der Waals surface area contributed by atoms with E-state index in [1.54, 1.807) is 18.2 Å². The van der Waals surface area contributed by atoms with Crippen molar-refractivity contribution in [2.75, 3.05) is 0 Å². The van der Waals surface area contributed by atoms with Gasteiger partial charge in [0.15, 0.2) is 5.15 Å². The second-order valence-electron chi connectivity index (χ2n) is 9.62. The van der Waals surface area contributed by atoms with Gasteiger partial charge in [-0.15, -0.1) is 0 Å². The fourth-order valence-electron chi connectivity index (χ4n) is 4.48. The Hall–Kier alpha value is -3.94. The van der Waals surface area contributed by atoms with E-state index < -0.39 is 12.0 Å². The average Bonchev–Trinajstić information content (AvgIpc) is 3.28. The van der Waals surface area contributed by atoms with Crippen LogP contribution in [0.2, 0.25) is 5.15 Å². The van der Waals surface area contributed by atoms with Crippen LogP contribution in [-0.2, 0) is 42.1 Å². The lowest BCUT2D eigenvalue weighted by molar-refractivity contribution is -0.147. The van der Waals surface area contributed by atoms with Gasteiger partial charge < -0.3 is 19.7 Å². The van der Waals surface area contributed by atoms with Gasteiger partial charge in [0.1, 0.15) is 18.5 Å². The van der Waals surface area contributed by atoms with E-state index in [4.69, 9.17) is 16.3 Å². The summed E-state index contributed by atoms with van der Waals surface area (Å²) in [5, 5.41) is 13.1. The summed E-state index contributed by atoms with van der Waals surface area (Å²) in [6.07, 6.45) is 2.99. The zero-order chi connectivity index (χ0) is 28.3. The summed E-state index contributed by atoms with van der Waals surface area (Å²) < 4.78 is 7.49. The number of nitrogens with one attached hydrogen (secondary N) is 1. The second-order valence-corrected chi connectivity index (χ2v) is 9.98. The number of hydrogen-bond acceptors (Lipinski definition) is 5. The molecule has 0 fully saturated rings. The number of benzene rings is 3. The maximum atomic E-state index is 13.4. The van der Waals surface area contributed by atoms with E-state index >= 15 is 0 Å². The number of carbonyl (C=O) groups is 2. The van der Waals surface area contributed by atoms with E-state index in [1.807, 2.05) is 71.3 Å². The minimum absolute atomic E-state index is 0.122. The molecular weight excluding hydrogens is 526 g/mol. The first kappa shape index (κ1) is 29.1. The van der Waals surface area contributed by atoms with E-state index in [-0.39, 0.29) is 19.1 Å². The summed E-state index contributed by atoms with van der Waals surface area (Å²) >= 11 is 6.30. The smallest absolute Gasteiger partial charge is 0.329 e. The molecule has 0 radical (unpaired) electrons. The van der Waals surface area contributed by atoms with E-state index in [0.717, 1.165) is 41.8 Å². The second kappa shape index (κ2) is 14.4. The van der Waals surface area contributed by atoms with Crippen molar-refractivity contribution in [2.24, 2.45) is 0 Å². The molecule has 208 valence electrons. The summed E-state index contributed by atoms with van der Waals surface area (Å²) in [5.74, 6) is -0.0787. The summed E-state index contributed by atoms with van der Waals surface area (Å²) in [5.41, 5.74) is 3.59. The molecular formula is C32H34ClN3O4. The van der Waals surface area contributed by atoms with Gasteiger partial charge in [0.05, 0.1) is 12.3 Å². The van der Waals surface area contributed by atoms with Crippen LogP contribution in [0.25, 0.3) is 0 Å². The minimum Gasteiger partial charge on any atom is -0.459 e. The SMILES string of the molecule is CCCCc1nc(Cl)c(CO)n1Cc1cccc(C(=O)N[C@@H](Cc2ccccc2)C(=O)OCc2ccccc2)c1. The zero-order valence-corrected chi connectivity index (χ0v) is 23.3. The monoisotopic (exact) mass is 559 g/mol. The van der Waals surface area contributed by atoms with Crippen molar-refractivity contribution >= 4 is 23.5 Å². The van der Waals surface area contributed by atoms with Crippen LogP contribution in [0.5, 0.6) is 0 Å². The van der Waals surface area contributed by atoms with Gasteiger partial charge in [-0.1, -0.05) is 97.7 Å². The van der Waals surface area contributed by atoms with Gasteiger partial charge in [0.25, 0.3) is 5.91 Å². The standard InChI is InChI=1S/C32H34ClN3O4/c1-2-3-17-29-35-30(33)28(21-37)36(29)20-25-15-10-16-26(18-25)31(38)34-27(19-23-11-6-4-7-12-23)32(39)40-22-24-13-8-5-9-14-24/h4-16,18,27,37H,2-3,17,19-22H2,1H3,(H,34,38)/t27-/m0/s1. The highest BCUT2D eigenvalue weighted by Crippen LogP contribution is 2.21. The van der Waals surface area contributed by atoms with Crippen LogP contribution in [-0.4, -0.2) is 32.6 Å². The van der Waals surface area contributed by atoms with Crippen LogP contribution in [0.1, 0.15) is 58.3 Å². The Morgan fingerprint density at radius 3 is 2.33 bits per heavy atom. The highest BCUT2D eigenvalue weighted by atomic mass is 35.5. The Morgan fingerprint density at radius 1 is 0.975 bits per heavy atom. The summed E-state index contributed by atoms with van der Waals surface area (Å²) in [4.78, 5) is 30.9. The molecule has 0 saturated heterocycles. The van der Waals surface area contributed by atoms with Crippen molar-refractivity contribution in [3.8, 4) is 0 Å². The number of amides is 1. The van der Waals surface area contributed by atoms with Crippen molar-refractivity contribution in [2.45, 2.75) is 58.4 Å². The number of hydrogen-bond donors (Lipinski definition) is 2. The quantitative estimate of drug-likeness (QED) is 0.211. The molecule has 0 aliphatic rings. The highest BCUT2D eigenvalue weighted by molar-refractivity contribution is 6.30. The number of ether oxygens (including phenoxy) is 1. The van der Waals surface area contributed by atoms with Gasteiger partial charge in [-0.3, -0.25) is 4.79 Å². The van der Waals surface area contributed by atoms with E-state index in [1.165, 1.54) is 0 Å². The number of imidazole rings is 1. The number of aryl methyl sites for hydroxylation is 1. The van der Waals surface area contributed by atoms with Crippen molar-refractivity contribution in [3.63, 3.8) is 0 Å².